The molecule has 1 N–H and O–H groups in total. The molecule has 11 heteroatoms. The second-order valence-corrected chi connectivity index (χ2v) is 11.5. The summed E-state index contributed by atoms with van der Waals surface area (Å²) in [4.78, 5) is 38.0. The summed E-state index contributed by atoms with van der Waals surface area (Å²) in [7, 11) is 0. The van der Waals surface area contributed by atoms with Crippen LogP contribution >= 0.6 is 58.2 Å². The maximum atomic E-state index is 12.7. The third-order valence-electron chi connectivity index (χ3n) is 4.59. The molecule has 0 bridgehead atoms. The van der Waals surface area contributed by atoms with Crippen LogP contribution in [-0.2, 0) is 25.5 Å². The van der Waals surface area contributed by atoms with Gasteiger partial charge in [0, 0.05) is 5.75 Å². The molecule has 0 aromatic heterocycles. The van der Waals surface area contributed by atoms with Gasteiger partial charge in [-0.1, -0.05) is 65.1 Å². The number of fused-ring (bicyclic) bond motifs is 1. The number of amides is 2. The molecule has 2 heterocycles. The number of halogens is 4. The van der Waals surface area contributed by atoms with Crippen molar-refractivity contribution in [2.24, 2.45) is 0 Å². The first-order valence-corrected chi connectivity index (χ1v) is 11.2. The van der Waals surface area contributed by atoms with E-state index in [2.05, 4.69) is 5.32 Å². The van der Waals surface area contributed by atoms with Gasteiger partial charge in [-0.15, -0.1) is 23.4 Å². The number of carbonyl (C=O) groups is 3. The highest BCUT2D eigenvalue weighted by molar-refractivity contribution is 8.00. The number of esters is 1. The lowest BCUT2D eigenvalue weighted by atomic mass is 9.94. The molecule has 2 aliphatic heterocycles. The van der Waals surface area contributed by atoms with Crippen molar-refractivity contribution in [2.45, 2.75) is 39.5 Å². The molecule has 2 fully saturated rings. The maximum Gasteiger partial charge on any atom is 0.330 e. The van der Waals surface area contributed by atoms with Gasteiger partial charge in [0.15, 0.2) is 6.04 Å². The Kier molecular flexibility index (Phi) is 6.85. The Morgan fingerprint density at radius 1 is 1.31 bits per heavy atom. The van der Waals surface area contributed by atoms with Crippen LogP contribution in [0.25, 0.3) is 0 Å². The molecule has 0 spiro atoms. The van der Waals surface area contributed by atoms with Crippen molar-refractivity contribution < 1.29 is 19.1 Å². The number of rotatable bonds is 5. The predicted molar refractivity (Wildman–Crippen MR) is 114 cm³/mol. The van der Waals surface area contributed by atoms with Crippen molar-refractivity contribution in [1.82, 2.24) is 10.2 Å². The molecule has 2 saturated heterocycles. The zero-order valence-electron chi connectivity index (χ0n) is 15.2. The number of alkyl halides is 4. The lowest BCUT2D eigenvalue weighted by molar-refractivity contribution is -0.167. The highest BCUT2D eigenvalue weighted by Crippen LogP contribution is 2.45. The van der Waals surface area contributed by atoms with Crippen molar-refractivity contribution in [3.63, 3.8) is 0 Å². The number of hydrogen-bond acceptors (Lipinski definition) is 5. The van der Waals surface area contributed by atoms with Crippen LogP contribution in [0.4, 0.5) is 0 Å². The van der Waals surface area contributed by atoms with E-state index in [1.54, 1.807) is 6.92 Å². The first-order chi connectivity index (χ1) is 13.5. The van der Waals surface area contributed by atoms with E-state index in [1.807, 2.05) is 30.3 Å². The van der Waals surface area contributed by atoms with Gasteiger partial charge in [-0.2, -0.15) is 0 Å². The Labute approximate surface area is 192 Å². The molecule has 2 aliphatic rings. The van der Waals surface area contributed by atoms with Gasteiger partial charge < -0.3 is 15.0 Å². The molecule has 6 nitrogen and oxygen atoms in total. The topological polar surface area (TPSA) is 75.7 Å². The minimum Gasteiger partial charge on any atom is -0.460 e. The van der Waals surface area contributed by atoms with Gasteiger partial charge in [0.1, 0.15) is 18.0 Å². The van der Waals surface area contributed by atoms with Crippen LogP contribution in [0.15, 0.2) is 30.3 Å². The molecular weight excluding hydrogens is 482 g/mol. The monoisotopic (exact) mass is 498 g/mol. The molecule has 1 aromatic rings. The molecule has 2 amide bonds. The van der Waals surface area contributed by atoms with Crippen molar-refractivity contribution in [1.29, 1.82) is 0 Å². The van der Waals surface area contributed by atoms with Crippen LogP contribution in [-0.4, -0.2) is 61.2 Å². The summed E-state index contributed by atoms with van der Waals surface area (Å²) in [5.74, 6) is -1.04. The van der Waals surface area contributed by atoms with E-state index in [4.69, 9.17) is 51.1 Å². The van der Waals surface area contributed by atoms with Crippen LogP contribution < -0.4 is 5.32 Å². The van der Waals surface area contributed by atoms with Gasteiger partial charge in [-0.3, -0.25) is 9.59 Å². The van der Waals surface area contributed by atoms with Gasteiger partial charge in [0.05, 0.1) is 11.3 Å². The fourth-order valence-electron chi connectivity index (χ4n) is 3.28. The number of ether oxygens (including phenoxy) is 1. The lowest BCUT2D eigenvalue weighted by Crippen LogP contribution is -2.78. The Morgan fingerprint density at radius 2 is 1.97 bits per heavy atom. The SMILES string of the molecule is C[C@@]1(Cl)CS[C@@H]2[C@H](NC(=O)Cc3ccccc3)C(=O)N2[C@H]1C(=O)OCC(Cl)(Cl)Cl. The highest BCUT2D eigenvalue weighted by atomic mass is 35.6. The van der Waals surface area contributed by atoms with Crippen molar-refractivity contribution in [3.05, 3.63) is 35.9 Å². The summed E-state index contributed by atoms with van der Waals surface area (Å²) in [6.45, 7) is 1.19. The molecular formula is C18H18Cl4N2O4S. The molecule has 0 unspecified atom stereocenters. The van der Waals surface area contributed by atoms with Crippen LogP contribution in [0, 0.1) is 0 Å². The molecule has 0 radical (unpaired) electrons. The van der Waals surface area contributed by atoms with Crippen LogP contribution in [0.2, 0.25) is 0 Å². The first-order valence-electron chi connectivity index (χ1n) is 8.69. The van der Waals surface area contributed by atoms with Crippen molar-refractivity contribution in [2.75, 3.05) is 12.4 Å². The van der Waals surface area contributed by atoms with E-state index in [1.165, 1.54) is 16.7 Å². The van der Waals surface area contributed by atoms with Gasteiger partial charge in [0.25, 0.3) is 0 Å². The van der Waals surface area contributed by atoms with Crippen molar-refractivity contribution in [3.8, 4) is 0 Å². The Hall–Kier alpha value is -0.860. The van der Waals surface area contributed by atoms with Gasteiger partial charge >= 0.3 is 5.97 Å². The first kappa shape index (κ1) is 22.8. The number of β-lactam (4-membered cyclic amide) rings is 1. The summed E-state index contributed by atoms with van der Waals surface area (Å²) >= 11 is 24.8. The predicted octanol–water partition coefficient (Wildman–Crippen LogP) is 2.91. The lowest BCUT2D eigenvalue weighted by Gasteiger charge is -2.56. The Morgan fingerprint density at radius 3 is 2.59 bits per heavy atom. The minimum atomic E-state index is -1.77. The second-order valence-electron chi connectivity index (χ2n) is 7.06. The van der Waals surface area contributed by atoms with E-state index >= 15 is 0 Å². The molecule has 0 aliphatic carbocycles. The number of thioether (sulfide) groups is 1. The third-order valence-corrected chi connectivity index (χ3v) is 7.02. The number of nitrogens with zero attached hydrogens (tertiary/aromatic N) is 1. The number of benzene rings is 1. The zero-order valence-corrected chi connectivity index (χ0v) is 19.1. The van der Waals surface area contributed by atoms with E-state index in [9.17, 15) is 14.4 Å². The largest absolute Gasteiger partial charge is 0.460 e. The minimum absolute atomic E-state index is 0.157. The fraction of sp³-hybridized carbons (Fsp3) is 0.500. The fourth-order valence-corrected chi connectivity index (χ4v) is 5.25. The van der Waals surface area contributed by atoms with Crippen LogP contribution in [0.5, 0.6) is 0 Å². The number of hydrogen-bond donors (Lipinski definition) is 1. The molecule has 1 aromatic carbocycles. The van der Waals surface area contributed by atoms with Gasteiger partial charge in [0.2, 0.25) is 15.6 Å². The zero-order chi connectivity index (χ0) is 21.4. The summed E-state index contributed by atoms with van der Waals surface area (Å²) in [6.07, 6.45) is 0.157. The van der Waals surface area contributed by atoms with Gasteiger partial charge in [-0.25, -0.2) is 4.79 Å². The number of nitrogens with one attached hydrogen (secondary N) is 1. The van der Waals surface area contributed by atoms with Crippen molar-refractivity contribution >= 4 is 75.9 Å². The van der Waals surface area contributed by atoms with E-state index in [0.717, 1.165) is 5.56 Å². The smallest absolute Gasteiger partial charge is 0.330 e. The molecule has 158 valence electrons. The van der Waals surface area contributed by atoms with Gasteiger partial charge in [-0.05, 0) is 12.5 Å². The van der Waals surface area contributed by atoms with E-state index in [0.29, 0.717) is 5.75 Å². The number of carbonyl (C=O) groups excluding carboxylic acids is 3. The summed E-state index contributed by atoms with van der Waals surface area (Å²) in [5, 5.41) is 2.33. The van der Waals surface area contributed by atoms with Crippen LogP contribution in [0.3, 0.4) is 0 Å². The van der Waals surface area contributed by atoms with E-state index < -0.39 is 44.6 Å². The Bertz CT molecular complexity index is 803. The molecule has 0 saturated carbocycles. The summed E-state index contributed by atoms with van der Waals surface area (Å²) in [6, 6.07) is 7.43. The normalized spacial score (nSPS) is 28.9. The highest BCUT2D eigenvalue weighted by Gasteiger charge is 2.61. The third kappa shape index (κ3) is 5.25. The van der Waals surface area contributed by atoms with Crippen LogP contribution in [0.1, 0.15) is 12.5 Å². The summed E-state index contributed by atoms with van der Waals surface area (Å²) < 4.78 is 3.30. The summed E-state index contributed by atoms with van der Waals surface area (Å²) in [5.41, 5.74) is 0.839. The molecule has 3 rings (SSSR count). The Balaban J connectivity index is 1.66. The quantitative estimate of drug-likeness (QED) is 0.383. The maximum absolute atomic E-state index is 12.7. The van der Waals surface area contributed by atoms with E-state index in [-0.39, 0.29) is 12.3 Å². The standard InChI is InChI=1S/C18H18Cl4N2O4S/c1-17(19)9-29-15-12(23-11(25)7-10-5-3-2-4-6-10)14(26)24(15)13(17)16(27)28-8-18(20,21)22/h2-6,12-13,15H,7-9H2,1H3,(H,23,25)/t12-,13+,15-,17-/m1/s1. The average Bonchev–Trinajstić information content (AvgIpc) is 2.63. The molecule has 29 heavy (non-hydrogen) atoms. The molecule has 4 atom stereocenters. The second kappa shape index (κ2) is 8.71. The average molecular weight is 500 g/mol.